The zero-order chi connectivity index (χ0) is 18.9. The number of nitrogens with one attached hydrogen (secondary N) is 1. The van der Waals surface area contributed by atoms with Gasteiger partial charge in [0.25, 0.3) is 0 Å². The molecule has 1 N–H and O–H groups in total. The summed E-state index contributed by atoms with van der Waals surface area (Å²) in [6.45, 7) is 1.70. The molecule has 0 saturated carbocycles. The van der Waals surface area contributed by atoms with Gasteiger partial charge in [-0.05, 0) is 24.3 Å². The number of anilines is 2. The quantitative estimate of drug-likeness (QED) is 0.545. The molecule has 0 saturated heterocycles. The number of methoxy groups -OCH3 is 2. The molecule has 0 spiro atoms. The van der Waals surface area contributed by atoms with Crippen molar-refractivity contribution in [1.29, 1.82) is 0 Å². The molecule has 0 fully saturated rings. The van der Waals surface area contributed by atoms with Gasteiger partial charge >= 0.3 is 0 Å². The fourth-order valence-corrected chi connectivity index (χ4v) is 2.49. The lowest BCUT2D eigenvalue weighted by Gasteiger charge is -2.17. The number of rotatable bonds is 10. The van der Waals surface area contributed by atoms with Crippen LogP contribution in [-0.4, -0.2) is 55.6 Å². The largest absolute Gasteiger partial charge is 0.487 e. The fraction of sp³-hybridized carbons (Fsp3) is 0.316. The van der Waals surface area contributed by atoms with E-state index in [-0.39, 0.29) is 0 Å². The van der Waals surface area contributed by atoms with E-state index >= 15 is 0 Å². The molecular formula is C19H22N4O4. The third-order valence-corrected chi connectivity index (χ3v) is 3.72. The lowest BCUT2D eigenvalue weighted by Crippen LogP contribution is -2.09. The van der Waals surface area contributed by atoms with Crippen LogP contribution in [0.25, 0.3) is 10.9 Å². The van der Waals surface area contributed by atoms with Crippen LogP contribution in [0.15, 0.2) is 43.0 Å². The van der Waals surface area contributed by atoms with Crippen LogP contribution in [0, 0.1) is 0 Å². The summed E-state index contributed by atoms with van der Waals surface area (Å²) in [6, 6.07) is 7.46. The second kappa shape index (κ2) is 9.65. The lowest BCUT2D eigenvalue weighted by atomic mass is 10.2. The Bertz CT molecular complexity index is 861. The molecular weight excluding hydrogens is 348 g/mol. The Balaban J connectivity index is 2.02. The van der Waals surface area contributed by atoms with Crippen LogP contribution in [0.3, 0.4) is 0 Å². The summed E-state index contributed by atoms with van der Waals surface area (Å²) in [5.41, 5.74) is 1.55. The number of benzene rings is 1. The maximum Gasteiger partial charge on any atom is 0.174 e. The molecule has 0 bridgehead atoms. The number of pyridine rings is 1. The fourth-order valence-electron chi connectivity index (χ4n) is 2.49. The normalized spacial score (nSPS) is 10.7. The first-order valence-corrected chi connectivity index (χ1v) is 8.51. The molecule has 0 radical (unpaired) electrons. The van der Waals surface area contributed by atoms with Crippen molar-refractivity contribution in [3.8, 4) is 11.5 Å². The number of hydrogen-bond donors (Lipinski definition) is 1. The van der Waals surface area contributed by atoms with Crippen LogP contribution < -0.4 is 14.8 Å². The summed E-state index contributed by atoms with van der Waals surface area (Å²) in [6.07, 6.45) is 4.94. The van der Waals surface area contributed by atoms with Gasteiger partial charge in [0.05, 0.1) is 36.0 Å². The Hall–Kier alpha value is -2.97. The predicted molar refractivity (Wildman–Crippen MR) is 102 cm³/mol. The Labute approximate surface area is 157 Å². The number of ether oxygens (including phenoxy) is 4. The van der Waals surface area contributed by atoms with Crippen molar-refractivity contribution in [2.75, 3.05) is 46.0 Å². The Morgan fingerprint density at radius 3 is 2.48 bits per heavy atom. The van der Waals surface area contributed by atoms with E-state index in [1.807, 2.05) is 24.3 Å². The molecule has 2 heterocycles. The van der Waals surface area contributed by atoms with E-state index in [0.29, 0.717) is 43.7 Å². The number of aromatic nitrogens is 3. The maximum absolute atomic E-state index is 5.97. The summed E-state index contributed by atoms with van der Waals surface area (Å²) in [7, 11) is 3.25. The monoisotopic (exact) mass is 370 g/mol. The van der Waals surface area contributed by atoms with Crippen LogP contribution in [-0.2, 0) is 9.47 Å². The Morgan fingerprint density at radius 2 is 1.74 bits per heavy atom. The first-order valence-electron chi connectivity index (χ1n) is 8.51. The summed E-state index contributed by atoms with van der Waals surface area (Å²) < 4.78 is 22.0. The lowest BCUT2D eigenvalue weighted by molar-refractivity contribution is 0.133. The highest BCUT2D eigenvalue weighted by Crippen LogP contribution is 2.39. The maximum atomic E-state index is 5.97. The predicted octanol–water partition coefficient (Wildman–Crippen LogP) is 2.82. The van der Waals surface area contributed by atoms with Gasteiger partial charge in [0.1, 0.15) is 25.4 Å². The van der Waals surface area contributed by atoms with E-state index in [9.17, 15) is 0 Å². The van der Waals surface area contributed by atoms with Crippen LogP contribution in [0.1, 0.15) is 0 Å². The van der Waals surface area contributed by atoms with Gasteiger partial charge in [0.2, 0.25) is 0 Å². The topological polar surface area (TPSA) is 87.6 Å². The first-order chi connectivity index (χ1) is 13.3. The molecule has 2 aromatic heterocycles. The van der Waals surface area contributed by atoms with Crippen molar-refractivity contribution in [3.05, 3.63) is 43.0 Å². The van der Waals surface area contributed by atoms with Crippen molar-refractivity contribution >= 4 is 22.4 Å². The van der Waals surface area contributed by atoms with Gasteiger partial charge in [0, 0.05) is 20.4 Å². The van der Waals surface area contributed by atoms with Crippen LogP contribution in [0.4, 0.5) is 11.5 Å². The first kappa shape index (κ1) is 18.8. The highest BCUT2D eigenvalue weighted by atomic mass is 16.5. The van der Waals surface area contributed by atoms with Gasteiger partial charge in [-0.1, -0.05) is 0 Å². The average molecular weight is 370 g/mol. The van der Waals surface area contributed by atoms with Crippen molar-refractivity contribution in [1.82, 2.24) is 15.0 Å². The minimum Gasteiger partial charge on any atom is -0.487 e. The van der Waals surface area contributed by atoms with E-state index in [1.54, 1.807) is 26.6 Å². The molecule has 0 atom stereocenters. The molecule has 0 aliphatic carbocycles. The van der Waals surface area contributed by atoms with Crippen molar-refractivity contribution in [2.45, 2.75) is 0 Å². The van der Waals surface area contributed by atoms with E-state index in [1.165, 1.54) is 6.33 Å². The molecule has 8 nitrogen and oxygen atoms in total. The zero-order valence-electron chi connectivity index (χ0n) is 15.3. The van der Waals surface area contributed by atoms with Gasteiger partial charge in [0.15, 0.2) is 11.5 Å². The molecule has 142 valence electrons. The third kappa shape index (κ3) is 4.81. The average Bonchev–Trinajstić information content (AvgIpc) is 2.70. The van der Waals surface area contributed by atoms with Crippen LogP contribution >= 0.6 is 0 Å². The standard InChI is InChI=1S/C19H22N4O4/c1-24-8-10-26-16-6-5-15-17(18(16)27-11-9-25-2)19(22-13-21-15)23-14-4-3-7-20-12-14/h3-7,12-13H,8-11H2,1-2H3,(H,21,22,23). The van der Waals surface area contributed by atoms with E-state index in [0.717, 1.165) is 16.6 Å². The van der Waals surface area contributed by atoms with Gasteiger partial charge < -0.3 is 24.3 Å². The Kier molecular flexibility index (Phi) is 6.72. The third-order valence-electron chi connectivity index (χ3n) is 3.72. The second-order valence-electron chi connectivity index (χ2n) is 5.56. The van der Waals surface area contributed by atoms with Crippen molar-refractivity contribution < 1.29 is 18.9 Å². The van der Waals surface area contributed by atoms with Crippen LogP contribution in [0.2, 0.25) is 0 Å². The minimum atomic E-state index is 0.372. The number of nitrogens with zero attached hydrogens (tertiary/aromatic N) is 3. The molecule has 3 rings (SSSR count). The highest BCUT2D eigenvalue weighted by molar-refractivity contribution is 5.97. The van der Waals surface area contributed by atoms with Crippen molar-refractivity contribution in [2.24, 2.45) is 0 Å². The van der Waals surface area contributed by atoms with E-state index < -0.39 is 0 Å². The number of fused-ring (bicyclic) bond motifs is 1. The number of hydrogen-bond acceptors (Lipinski definition) is 8. The molecule has 3 aromatic rings. The van der Waals surface area contributed by atoms with E-state index in [2.05, 4.69) is 20.3 Å². The van der Waals surface area contributed by atoms with Gasteiger partial charge in [-0.15, -0.1) is 0 Å². The van der Waals surface area contributed by atoms with Crippen LogP contribution in [0.5, 0.6) is 11.5 Å². The molecule has 0 amide bonds. The van der Waals surface area contributed by atoms with Gasteiger partial charge in [-0.2, -0.15) is 0 Å². The summed E-state index contributed by atoms with van der Waals surface area (Å²) in [5, 5.41) is 4.00. The molecule has 0 aliphatic rings. The molecule has 0 unspecified atom stereocenters. The highest BCUT2D eigenvalue weighted by Gasteiger charge is 2.16. The molecule has 27 heavy (non-hydrogen) atoms. The summed E-state index contributed by atoms with van der Waals surface area (Å²) >= 11 is 0. The second-order valence-corrected chi connectivity index (χ2v) is 5.56. The molecule has 1 aromatic carbocycles. The van der Waals surface area contributed by atoms with Gasteiger partial charge in [-0.3, -0.25) is 4.98 Å². The minimum absolute atomic E-state index is 0.372. The SMILES string of the molecule is COCCOc1ccc2ncnc(Nc3cccnc3)c2c1OCCOC. The van der Waals surface area contributed by atoms with Crippen molar-refractivity contribution in [3.63, 3.8) is 0 Å². The smallest absolute Gasteiger partial charge is 0.174 e. The summed E-state index contributed by atoms with van der Waals surface area (Å²) in [4.78, 5) is 12.9. The molecule has 0 aliphatic heterocycles. The summed E-state index contributed by atoms with van der Waals surface area (Å²) in [5.74, 6) is 1.77. The molecule has 8 heteroatoms. The van der Waals surface area contributed by atoms with Gasteiger partial charge in [-0.25, -0.2) is 9.97 Å². The van der Waals surface area contributed by atoms with E-state index in [4.69, 9.17) is 18.9 Å². The zero-order valence-corrected chi connectivity index (χ0v) is 15.3. The Morgan fingerprint density at radius 1 is 0.926 bits per heavy atom.